The maximum absolute atomic E-state index is 14.1. The van der Waals surface area contributed by atoms with Crippen molar-refractivity contribution in [3.05, 3.63) is 262 Å². The normalized spacial score (nSPS) is 13.3. The number of nitrogens with zero attached hydrogens (tertiary/aromatic N) is 12. The number of amides is 8. The summed E-state index contributed by atoms with van der Waals surface area (Å²) in [4.78, 5) is 68.4. The van der Waals surface area contributed by atoms with Gasteiger partial charge in [0.1, 0.15) is 23.3 Å². The number of anilines is 12. The van der Waals surface area contributed by atoms with Gasteiger partial charge in [0.05, 0.1) is 32.9 Å². The number of aromatic nitrogens is 12. The number of fused-ring (bicyclic) bond motifs is 4. The van der Waals surface area contributed by atoms with E-state index in [1.165, 1.54) is 36.4 Å². The number of urea groups is 4. The molecule has 0 atom stereocenters. The summed E-state index contributed by atoms with van der Waals surface area (Å²) in [5.74, 6) is 2.10. The van der Waals surface area contributed by atoms with Crippen LogP contribution in [0.4, 0.5) is 106 Å². The summed E-state index contributed by atoms with van der Waals surface area (Å²) in [6.45, 7) is 6.90. The highest BCUT2D eigenvalue weighted by Gasteiger charge is 2.32. The van der Waals surface area contributed by atoms with E-state index < -0.39 is 41.6 Å². The van der Waals surface area contributed by atoms with E-state index in [-0.39, 0.29) is 17.2 Å². The fraction of sp³-hybridized carbons (Fsp3) is 0.208. The number of hydrogen-bond donors (Lipinski definition) is 12. The Balaban J connectivity index is 0.000000120. The van der Waals surface area contributed by atoms with Crippen molar-refractivity contribution in [2.75, 3.05) is 65.5 Å². The quantitative estimate of drug-likeness (QED) is 0.0400. The predicted octanol–water partition coefficient (Wildman–Crippen LogP) is 20.7. The number of carbonyl (C=O) groups excluding carboxylic acids is 4. The summed E-state index contributed by atoms with van der Waals surface area (Å²) in [5, 5.41) is 42.2. The molecule has 4 saturated carbocycles. The summed E-state index contributed by atoms with van der Waals surface area (Å²) in [6, 6.07) is 54.7. The van der Waals surface area contributed by atoms with Gasteiger partial charge in [-0.05, 0) is 273 Å². The number of hydrogen-bond acceptors (Lipinski definition) is 16. The molecule has 4 fully saturated rings. The van der Waals surface area contributed by atoms with E-state index in [9.17, 15) is 36.7 Å². The van der Waals surface area contributed by atoms with Crippen LogP contribution in [-0.4, -0.2) is 83.2 Å². The van der Waals surface area contributed by atoms with Gasteiger partial charge in [0.15, 0.2) is 45.9 Å². The fourth-order valence-corrected chi connectivity index (χ4v) is 15.5. The number of halogens is 4. The molecular formula is C96H92F4N24O4. The van der Waals surface area contributed by atoms with E-state index in [0.717, 1.165) is 174 Å². The van der Waals surface area contributed by atoms with Gasteiger partial charge in [0.2, 0.25) is 0 Å². The largest absolute Gasteiger partial charge is 0.382 e. The molecule has 0 spiro atoms. The molecule has 0 saturated heterocycles. The SMILES string of the molecule is Cc1cc(F)cc(NC(=O)Nc2ccc(-c3cc(C4CC4)nc4c3c(N)nn4C)cc2)c1.Cc1cc(NC(=O)Nc2ccc(-c3cc(C4CC4)nc4c3c(N)nn4C)cc2)ccc1F.Cc1ccc(F)c(NC(=O)Nc2ccc(-c3cc(C4CC4)nc4c3c(N)nn4C)cc2)c1.Cc1cccc(NC(=O)Nc2ccc(-c3cc(C4CC4)nc4c3c(N)nn4C)cc2)c1F. The molecule has 0 aliphatic heterocycles. The minimum atomic E-state index is -0.513. The second kappa shape index (κ2) is 35.1. The molecule has 4 aliphatic carbocycles. The Labute approximate surface area is 732 Å². The predicted molar refractivity (Wildman–Crippen MR) is 496 cm³/mol. The van der Waals surface area contributed by atoms with Crippen molar-refractivity contribution in [3.63, 3.8) is 0 Å². The third-order valence-electron chi connectivity index (χ3n) is 22.7. The minimum Gasteiger partial charge on any atom is -0.382 e. The van der Waals surface area contributed by atoms with Crippen molar-refractivity contribution >= 4 is 137 Å². The number of rotatable bonds is 16. The molecule has 20 rings (SSSR count). The molecule has 0 radical (unpaired) electrons. The Morgan fingerprint density at radius 1 is 0.312 bits per heavy atom. The van der Waals surface area contributed by atoms with Crippen LogP contribution in [0.5, 0.6) is 0 Å². The van der Waals surface area contributed by atoms with E-state index in [0.29, 0.717) is 92.2 Å². The zero-order chi connectivity index (χ0) is 89.6. The third-order valence-corrected chi connectivity index (χ3v) is 22.7. The van der Waals surface area contributed by atoms with Gasteiger partial charge in [-0.25, -0.2) is 75.4 Å². The first-order valence-corrected chi connectivity index (χ1v) is 41.9. The Bertz CT molecular complexity index is 6860. The monoisotopic (exact) mass is 1720 g/mol. The fourth-order valence-electron chi connectivity index (χ4n) is 15.5. The summed E-state index contributed by atoms with van der Waals surface area (Å²) in [6.07, 6.45) is 9.17. The van der Waals surface area contributed by atoms with E-state index in [1.807, 2.05) is 108 Å². The van der Waals surface area contributed by atoms with Crippen molar-refractivity contribution in [3.8, 4) is 44.5 Å². The topological polar surface area (TPSA) is 391 Å². The van der Waals surface area contributed by atoms with Crippen LogP contribution in [0.25, 0.3) is 88.6 Å². The molecule has 8 amide bonds. The molecule has 0 bridgehead atoms. The molecule has 648 valence electrons. The van der Waals surface area contributed by atoms with Crippen molar-refractivity contribution in [2.45, 2.75) is 103 Å². The van der Waals surface area contributed by atoms with Crippen LogP contribution in [0, 0.1) is 51.0 Å². The summed E-state index contributed by atoms with van der Waals surface area (Å²) in [5.41, 5.74) is 45.9. The van der Waals surface area contributed by atoms with Gasteiger partial charge in [-0.15, -0.1) is 0 Å². The molecule has 8 heterocycles. The molecule has 28 nitrogen and oxygen atoms in total. The van der Waals surface area contributed by atoms with Crippen LogP contribution >= 0.6 is 0 Å². The average Bonchev–Trinajstić information content (AvgIpc) is 1.61. The number of nitrogens with one attached hydrogen (secondary N) is 8. The van der Waals surface area contributed by atoms with Crippen LogP contribution in [0.3, 0.4) is 0 Å². The lowest BCUT2D eigenvalue weighted by Gasteiger charge is -2.11. The highest BCUT2D eigenvalue weighted by molar-refractivity contribution is 6.07. The average molecular weight is 1720 g/mol. The number of aryl methyl sites for hydroxylation is 8. The first-order chi connectivity index (χ1) is 61.5. The maximum Gasteiger partial charge on any atom is 0.323 e. The van der Waals surface area contributed by atoms with Crippen LogP contribution in [0.15, 0.2) is 194 Å². The van der Waals surface area contributed by atoms with Crippen molar-refractivity contribution in [1.82, 2.24) is 59.1 Å². The number of nitrogens with two attached hydrogens (primary N) is 4. The standard InChI is InChI=1S/4C24H23FN6O/c1-13-3-10-18(25)20(11-13)29-24(32)27-16-8-6-14(7-9-16)17-12-19(15-4-5-15)28-23-21(17)22(26)30-31(23)2;1-13-9-16(25)11-18(10-13)28-24(32)27-17-7-5-14(6-8-17)19-12-20(15-3-4-15)29-23-21(19)22(26)30-31(23)2;1-13-11-17(9-10-19(13)25)28-24(32)27-16-7-5-14(6-8-16)18-12-20(15-3-4-15)29-23-21(18)22(26)30-31(23)2;1-13-4-3-5-18(21(13)25)29-24(32)27-16-10-8-14(9-11-16)17-12-19(15-6-7-15)28-23-20(17)22(26)30-31(23)2/h3,6-12,15H,4-5H2,1-2H3,(H2,26,30)(H2,27,29,32);2*5-12,15H,3-4H2,1-2H3,(H2,26,30)(H2,27,28,32);3-5,8-12,15H,6-7H2,1-2H3,(H2,26,30)(H2,27,29,32). The van der Waals surface area contributed by atoms with E-state index in [4.69, 9.17) is 42.9 Å². The second-order valence-electron chi connectivity index (χ2n) is 32.8. The van der Waals surface area contributed by atoms with Crippen molar-refractivity contribution in [2.24, 2.45) is 28.2 Å². The van der Waals surface area contributed by atoms with E-state index >= 15 is 0 Å². The Kier molecular flexibility index (Phi) is 23.2. The molecule has 0 unspecified atom stereocenters. The maximum atomic E-state index is 14.1. The molecule has 8 aromatic heterocycles. The molecule has 16 N–H and O–H groups in total. The lowest BCUT2D eigenvalue weighted by Crippen LogP contribution is -2.20. The Morgan fingerprint density at radius 3 is 0.961 bits per heavy atom. The number of benzene rings is 8. The molecule has 128 heavy (non-hydrogen) atoms. The molecule has 16 aromatic rings. The van der Waals surface area contributed by atoms with Gasteiger partial charge in [0, 0.05) is 109 Å². The lowest BCUT2D eigenvalue weighted by atomic mass is 10.0. The molecule has 4 aliphatic rings. The highest BCUT2D eigenvalue weighted by atomic mass is 19.1. The van der Waals surface area contributed by atoms with Gasteiger partial charge < -0.3 is 65.5 Å². The van der Waals surface area contributed by atoms with Crippen LogP contribution < -0.4 is 65.5 Å². The second-order valence-corrected chi connectivity index (χ2v) is 32.8. The first-order valence-electron chi connectivity index (χ1n) is 41.9. The molecule has 8 aromatic carbocycles. The third kappa shape index (κ3) is 18.8. The van der Waals surface area contributed by atoms with Gasteiger partial charge in [-0.1, -0.05) is 66.7 Å². The van der Waals surface area contributed by atoms with E-state index in [1.54, 1.807) is 100 Å². The van der Waals surface area contributed by atoms with Crippen LogP contribution in [0.1, 0.15) is 120 Å². The molecular weight excluding hydrogens is 1630 g/mol. The zero-order valence-electron chi connectivity index (χ0n) is 71.3. The molecule has 32 heteroatoms. The minimum absolute atomic E-state index is 0.137. The van der Waals surface area contributed by atoms with Crippen LogP contribution in [0.2, 0.25) is 0 Å². The number of pyridine rings is 4. The van der Waals surface area contributed by atoms with Crippen molar-refractivity contribution < 1.29 is 36.7 Å². The Hall–Kier alpha value is -15.8. The Morgan fingerprint density at radius 2 is 0.625 bits per heavy atom. The lowest BCUT2D eigenvalue weighted by molar-refractivity contribution is 0.261. The smallest absolute Gasteiger partial charge is 0.323 e. The van der Waals surface area contributed by atoms with E-state index in [2.05, 4.69) is 87.2 Å². The van der Waals surface area contributed by atoms with Crippen molar-refractivity contribution in [1.29, 1.82) is 0 Å². The summed E-state index contributed by atoms with van der Waals surface area (Å²) >= 11 is 0. The first kappa shape index (κ1) is 84.5. The van der Waals surface area contributed by atoms with Crippen LogP contribution in [-0.2, 0) is 28.2 Å². The highest BCUT2D eigenvalue weighted by Crippen LogP contribution is 2.48. The zero-order valence-corrected chi connectivity index (χ0v) is 71.3. The number of nitrogen functional groups attached to an aromatic ring is 4. The number of carbonyl (C=O) groups is 4. The van der Waals surface area contributed by atoms with Gasteiger partial charge >= 0.3 is 24.1 Å². The van der Waals surface area contributed by atoms with Gasteiger partial charge in [-0.3, -0.25) is 0 Å². The van der Waals surface area contributed by atoms with Gasteiger partial charge in [0.25, 0.3) is 0 Å². The summed E-state index contributed by atoms with van der Waals surface area (Å²) < 4.78 is 61.9. The van der Waals surface area contributed by atoms with Gasteiger partial charge in [-0.2, -0.15) is 20.4 Å². The summed E-state index contributed by atoms with van der Waals surface area (Å²) in [7, 11) is 7.38.